The molecule has 0 bridgehead atoms. The predicted octanol–water partition coefficient (Wildman–Crippen LogP) is 8.23. The quantitative estimate of drug-likeness (QED) is 0.103. The fourth-order valence-corrected chi connectivity index (χ4v) is 4.71. The Labute approximate surface area is 213 Å². The normalized spacial score (nSPS) is 13.2. The number of hydrogen-bond donors (Lipinski definition) is 3. The Morgan fingerprint density at radius 3 is 1.32 bits per heavy atom. The summed E-state index contributed by atoms with van der Waals surface area (Å²) in [7, 11) is 0. The summed E-state index contributed by atoms with van der Waals surface area (Å²) in [4.78, 5) is 12.2. The molecule has 0 saturated heterocycles. The predicted molar refractivity (Wildman–Crippen MR) is 147 cm³/mol. The molecule has 0 aliphatic carbocycles. The molecule has 3 N–H and O–H groups in total. The van der Waals surface area contributed by atoms with Crippen LogP contribution < -0.4 is 5.32 Å². The summed E-state index contributed by atoms with van der Waals surface area (Å²) in [6.45, 7) is 4.32. The Hall–Kier alpha value is -0.610. The van der Waals surface area contributed by atoms with E-state index in [0.29, 0.717) is 12.8 Å². The maximum absolute atomic E-state index is 12.2. The topological polar surface area (TPSA) is 69.6 Å². The van der Waals surface area contributed by atoms with Crippen LogP contribution in [-0.4, -0.2) is 34.9 Å². The molecule has 0 heterocycles. The minimum Gasteiger partial charge on any atom is -0.394 e. The van der Waals surface area contributed by atoms with Gasteiger partial charge in [-0.1, -0.05) is 149 Å². The number of hydrogen-bond acceptors (Lipinski definition) is 3. The highest BCUT2D eigenvalue weighted by Gasteiger charge is 2.19. The van der Waals surface area contributed by atoms with Crippen LogP contribution in [0, 0.1) is 0 Å². The molecule has 4 heteroatoms. The lowest BCUT2D eigenvalue weighted by molar-refractivity contribution is -0.123. The van der Waals surface area contributed by atoms with Crippen molar-refractivity contribution in [2.75, 3.05) is 6.61 Å². The Morgan fingerprint density at radius 1 is 0.588 bits per heavy atom. The van der Waals surface area contributed by atoms with Gasteiger partial charge in [-0.2, -0.15) is 0 Å². The van der Waals surface area contributed by atoms with Crippen molar-refractivity contribution >= 4 is 5.91 Å². The van der Waals surface area contributed by atoms with Crippen molar-refractivity contribution in [2.24, 2.45) is 0 Å². The molecule has 0 spiro atoms. The van der Waals surface area contributed by atoms with Crippen LogP contribution in [0.25, 0.3) is 0 Å². The molecule has 2 atom stereocenters. The zero-order valence-electron chi connectivity index (χ0n) is 23.1. The number of aliphatic hydroxyl groups is 2. The second-order valence-electron chi connectivity index (χ2n) is 10.5. The van der Waals surface area contributed by atoms with E-state index in [9.17, 15) is 15.0 Å². The second kappa shape index (κ2) is 27.0. The molecule has 0 aliphatic heterocycles. The van der Waals surface area contributed by atoms with Crippen molar-refractivity contribution in [1.82, 2.24) is 5.32 Å². The summed E-state index contributed by atoms with van der Waals surface area (Å²) in [5.41, 5.74) is 0. The highest BCUT2D eigenvalue weighted by atomic mass is 16.3. The summed E-state index contributed by atoms with van der Waals surface area (Å²) < 4.78 is 0. The summed E-state index contributed by atoms with van der Waals surface area (Å²) >= 11 is 0. The molecule has 0 radical (unpaired) electrons. The monoisotopic (exact) mass is 483 g/mol. The van der Waals surface area contributed by atoms with Gasteiger partial charge in [0.15, 0.2) is 0 Å². The Bertz CT molecular complexity index is 416. The summed E-state index contributed by atoms with van der Waals surface area (Å²) in [6.07, 6.45) is 28.5. The maximum atomic E-state index is 12.2. The lowest BCUT2D eigenvalue weighted by atomic mass is 10.0. The number of amides is 1. The Kier molecular flexibility index (Phi) is 26.5. The highest BCUT2D eigenvalue weighted by Crippen LogP contribution is 2.14. The molecule has 4 nitrogen and oxygen atoms in total. The van der Waals surface area contributed by atoms with E-state index in [0.717, 1.165) is 25.7 Å². The van der Waals surface area contributed by atoms with E-state index in [1.807, 2.05) is 0 Å². The SMILES string of the molecule is CCCCCCCCCCCCCCCC(=O)N[C@@H](CO)[C@H](O)CCCCCCCCCCC. The third-order valence-corrected chi connectivity index (χ3v) is 7.12. The molecule has 0 unspecified atom stereocenters. The van der Waals surface area contributed by atoms with Gasteiger partial charge in [0.25, 0.3) is 0 Å². The summed E-state index contributed by atoms with van der Waals surface area (Å²) in [6, 6.07) is -0.525. The van der Waals surface area contributed by atoms with Crippen LogP contribution in [0.1, 0.15) is 168 Å². The molecule has 0 aliphatic rings. The van der Waals surface area contributed by atoms with Gasteiger partial charge >= 0.3 is 0 Å². The summed E-state index contributed by atoms with van der Waals surface area (Å²) in [5, 5.41) is 22.8. The van der Waals surface area contributed by atoms with Crippen molar-refractivity contribution in [2.45, 2.75) is 180 Å². The number of nitrogens with one attached hydrogen (secondary N) is 1. The van der Waals surface area contributed by atoms with E-state index in [1.165, 1.54) is 116 Å². The molecule has 0 fully saturated rings. The second-order valence-corrected chi connectivity index (χ2v) is 10.5. The first-order chi connectivity index (χ1) is 16.7. The number of carbonyl (C=O) groups is 1. The first-order valence-electron chi connectivity index (χ1n) is 15.2. The van der Waals surface area contributed by atoms with E-state index in [1.54, 1.807) is 0 Å². The van der Waals surface area contributed by atoms with Crippen LogP contribution >= 0.6 is 0 Å². The van der Waals surface area contributed by atoms with Gasteiger partial charge in [0.05, 0.1) is 18.8 Å². The number of carbonyl (C=O) groups excluding carboxylic acids is 1. The van der Waals surface area contributed by atoms with Gasteiger partial charge in [-0.05, 0) is 12.8 Å². The average Bonchev–Trinajstić information content (AvgIpc) is 2.84. The van der Waals surface area contributed by atoms with E-state index in [4.69, 9.17) is 0 Å². The Morgan fingerprint density at radius 2 is 0.941 bits per heavy atom. The third kappa shape index (κ3) is 23.1. The lowest BCUT2D eigenvalue weighted by Crippen LogP contribution is -2.45. The van der Waals surface area contributed by atoms with E-state index in [-0.39, 0.29) is 12.5 Å². The largest absolute Gasteiger partial charge is 0.394 e. The van der Waals surface area contributed by atoms with Gasteiger partial charge in [0.1, 0.15) is 0 Å². The van der Waals surface area contributed by atoms with Crippen LogP contribution in [0.15, 0.2) is 0 Å². The number of unbranched alkanes of at least 4 members (excludes halogenated alkanes) is 20. The molecule has 0 saturated carbocycles. The minimum atomic E-state index is -0.648. The minimum absolute atomic E-state index is 0.0340. The maximum Gasteiger partial charge on any atom is 0.220 e. The molecule has 0 aromatic rings. The van der Waals surface area contributed by atoms with Crippen molar-refractivity contribution in [3.63, 3.8) is 0 Å². The van der Waals surface area contributed by atoms with Crippen molar-refractivity contribution in [3.05, 3.63) is 0 Å². The van der Waals surface area contributed by atoms with Crippen LogP contribution in [0.5, 0.6) is 0 Å². The molecular formula is C30H61NO3. The van der Waals surface area contributed by atoms with Gasteiger partial charge in [-0.15, -0.1) is 0 Å². The smallest absolute Gasteiger partial charge is 0.220 e. The molecule has 0 aromatic carbocycles. The van der Waals surface area contributed by atoms with Gasteiger partial charge in [0, 0.05) is 6.42 Å². The summed E-state index contributed by atoms with van der Waals surface area (Å²) in [5.74, 6) is -0.0340. The highest BCUT2D eigenvalue weighted by molar-refractivity contribution is 5.76. The van der Waals surface area contributed by atoms with Gasteiger partial charge in [0.2, 0.25) is 5.91 Å². The van der Waals surface area contributed by atoms with Gasteiger partial charge in [-0.3, -0.25) is 4.79 Å². The first-order valence-corrected chi connectivity index (χ1v) is 15.2. The van der Waals surface area contributed by atoms with E-state index >= 15 is 0 Å². The van der Waals surface area contributed by atoms with Crippen LogP contribution in [0.2, 0.25) is 0 Å². The molecule has 0 rings (SSSR count). The fraction of sp³-hybridized carbons (Fsp3) is 0.967. The Balaban J connectivity index is 3.57. The van der Waals surface area contributed by atoms with Crippen molar-refractivity contribution < 1.29 is 15.0 Å². The van der Waals surface area contributed by atoms with E-state index < -0.39 is 12.1 Å². The molecule has 34 heavy (non-hydrogen) atoms. The number of rotatable bonds is 27. The third-order valence-electron chi connectivity index (χ3n) is 7.12. The lowest BCUT2D eigenvalue weighted by Gasteiger charge is -2.22. The molecule has 204 valence electrons. The standard InChI is InChI=1S/C30H61NO3/c1-3-5-7-9-11-13-14-15-16-18-20-22-24-26-30(34)31-28(27-32)29(33)25-23-21-19-17-12-10-8-6-4-2/h28-29,32-33H,3-27H2,1-2H3,(H,31,34)/t28-,29+/m0/s1. The van der Waals surface area contributed by atoms with Gasteiger partial charge < -0.3 is 15.5 Å². The molecule has 1 amide bonds. The van der Waals surface area contributed by atoms with Crippen molar-refractivity contribution in [1.29, 1.82) is 0 Å². The number of aliphatic hydroxyl groups excluding tert-OH is 2. The molecule has 0 aromatic heterocycles. The zero-order chi connectivity index (χ0) is 25.1. The van der Waals surface area contributed by atoms with Crippen LogP contribution in [-0.2, 0) is 4.79 Å². The van der Waals surface area contributed by atoms with Crippen molar-refractivity contribution in [3.8, 4) is 0 Å². The average molecular weight is 484 g/mol. The molecular weight excluding hydrogens is 422 g/mol. The first kappa shape index (κ1) is 33.4. The van der Waals surface area contributed by atoms with Crippen LogP contribution in [0.3, 0.4) is 0 Å². The van der Waals surface area contributed by atoms with Gasteiger partial charge in [-0.25, -0.2) is 0 Å². The van der Waals surface area contributed by atoms with E-state index in [2.05, 4.69) is 19.2 Å². The zero-order valence-corrected chi connectivity index (χ0v) is 23.1. The van der Waals surface area contributed by atoms with Crippen LogP contribution in [0.4, 0.5) is 0 Å². The fourth-order valence-electron chi connectivity index (χ4n) is 4.71.